The number of alkyl halides is 1. The van der Waals surface area contributed by atoms with Crippen LogP contribution in [0.4, 0.5) is 10.1 Å². The van der Waals surface area contributed by atoms with Crippen LogP contribution in [0.3, 0.4) is 0 Å². The van der Waals surface area contributed by atoms with Gasteiger partial charge in [0, 0.05) is 18.7 Å². The molecule has 2 aromatic rings. The lowest BCUT2D eigenvalue weighted by molar-refractivity contribution is -0.140. The average molecular weight is 547 g/mol. The summed E-state index contributed by atoms with van der Waals surface area (Å²) in [6.07, 6.45) is 4.71. The molecule has 0 amide bonds. The number of aliphatic carboxylic acids is 3. The number of aryl methyl sites for hydroxylation is 1. The Balaban J connectivity index is 1.85. The topological polar surface area (TPSA) is 215 Å². The zero-order chi connectivity index (χ0) is 28.6. The molecule has 0 fully saturated rings. The third-order valence-electron chi connectivity index (χ3n) is 5.47. The number of aromatic nitrogens is 3. The maximum atomic E-state index is 12.3. The highest BCUT2D eigenvalue weighted by atomic mass is 19.1. The van der Waals surface area contributed by atoms with Crippen LogP contribution in [0.5, 0.6) is 0 Å². The molecule has 0 aliphatic heterocycles. The normalized spacial score (nSPS) is 12.7. The first-order valence-corrected chi connectivity index (χ1v) is 12.2. The Morgan fingerprint density at radius 2 is 1.82 bits per heavy atom. The number of halogens is 1. The number of benzene rings is 1. The van der Waals surface area contributed by atoms with Gasteiger partial charge in [0.05, 0.1) is 24.3 Å². The molecule has 14 nitrogen and oxygen atoms in total. The molecular weight excluding hydrogens is 515 g/mol. The molecule has 1 heterocycles. The highest BCUT2D eigenvalue weighted by Gasteiger charge is 2.22. The molecule has 0 spiro atoms. The number of hydrogen-bond acceptors (Lipinski definition) is 8. The number of carboxylic acids is 3. The van der Waals surface area contributed by atoms with Crippen molar-refractivity contribution in [3.63, 3.8) is 0 Å². The Kier molecular flexibility index (Phi) is 12.6. The maximum absolute atomic E-state index is 12.3. The molecule has 1 aromatic carbocycles. The largest absolute Gasteiger partial charge is 0.481 e. The van der Waals surface area contributed by atoms with E-state index in [1.54, 1.807) is 17.1 Å². The molecule has 2 atom stereocenters. The third-order valence-corrected chi connectivity index (χ3v) is 5.47. The zero-order valence-corrected chi connectivity index (χ0v) is 21.1. The van der Waals surface area contributed by atoms with Gasteiger partial charge in [0.25, 0.3) is 0 Å². The van der Waals surface area contributed by atoms with E-state index in [1.807, 2.05) is 24.3 Å². The number of rotatable bonds is 17. The number of unbranched alkanes of at least 4 members (excludes halogenated alkanes) is 1. The second kappa shape index (κ2) is 16.2. The number of carbonyl (C=O) groups is 3. The van der Waals surface area contributed by atoms with Gasteiger partial charge in [-0.3, -0.25) is 14.5 Å². The van der Waals surface area contributed by atoms with Crippen LogP contribution in [0.2, 0.25) is 0 Å². The minimum Gasteiger partial charge on any atom is -0.481 e. The minimum absolute atomic E-state index is 0.159. The molecule has 1 aromatic heterocycles. The van der Waals surface area contributed by atoms with Gasteiger partial charge in [0.1, 0.15) is 6.04 Å². The second-order valence-electron chi connectivity index (χ2n) is 8.45. The molecule has 6 N–H and O–H groups in total. The van der Waals surface area contributed by atoms with Crippen LogP contribution in [0.15, 0.2) is 35.5 Å². The lowest BCUT2D eigenvalue weighted by Gasteiger charge is -2.17. The van der Waals surface area contributed by atoms with Crippen molar-refractivity contribution in [3.05, 3.63) is 36.2 Å². The SMILES string of the molecule is N#CNC(=N[C@@H](CCC(=O)O)C(=O)O)N[C@@H](CCCCNc1ccc(-n2cc(CCCF)nn2)cc1)C(=O)O. The van der Waals surface area contributed by atoms with Crippen LogP contribution in [-0.4, -0.2) is 79.5 Å². The summed E-state index contributed by atoms with van der Waals surface area (Å²) in [7, 11) is 0. The van der Waals surface area contributed by atoms with Crippen molar-refractivity contribution in [2.24, 2.45) is 4.99 Å². The Bertz CT molecular complexity index is 1160. The lowest BCUT2D eigenvalue weighted by atomic mass is 10.1. The molecule has 0 unspecified atom stereocenters. The summed E-state index contributed by atoms with van der Waals surface area (Å²) in [6.45, 7) is 0.147. The van der Waals surface area contributed by atoms with E-state index in [0.29, 0.717) is 37.9 Å². The number of aliphatic imine (C=N–C) groups is 1. The molecule has 0 bridgehead atoms. The summed E-state index contributed by atoms with van der Waals surface area (Å²) < 4.78 is 13.9. The van der Waals surface area contributed by atoms with Gasteiger partial charge in [-0.05, 0) is 62.8 Å². The van der Waals surface area contributed by atoms with Crippen molar-refractivity contribution in [2.75, 3.05) is 18.5 Å². The number of nitrogens with zero attached hydrogens (tertiary/aromatic N) is 5. The Hall–Kier alpha value is -4.74. The zero-order valence-electron chi connectivity index (χ0n) is 21.1. The van der Waals surface area contributed by atoms with Gasteiger partial charge in [0.15, 0.2) is 12.2 Å². The molecule has 39 heavy (non-hydrogen) atoms. The van der Waals surface area contributed by atoms with E-state index >= 15 is 0 Å². The molecule has 0 saturated carbocycles. The van der Waals surface area contributed by atoms with E-state index < -0.39 is 43.1 Å². The Labute approximate surface area is 223 Å². The van der Waals surface area contributed by atoms with Crippen molar-refractivity contribution >= 4 is 29.6 Å². The first-order valence-electron chi connectivity index (χ1n) is 12.2. The Morgan fingerprint density at radius 3 is 2.44 bits per heavy atom. The number of nitrogens with one attached hydrogen (secondary N) is 3. The summed E-state index contributed by atoms with van der Waals surface area (Å²) in [5.74, 6) is -4.18. The smallest absolute Gasteiger partial charge is 0.328 e. The van der Waals surface area contributed by atoms with Crippen molar-refractivity contribution in [2.45, 2.75) is 57.0 Å². The fraction of sp³-hybridized carbons (Fsp3) is 0.458. The van der Waals surface area contributed by atoms with Crippen molar-refractivity contribution < 1.29 is 34.1 Å². The van der Waals surface area contributed by atoms with Gasteiger partial charge in [-0.2, -0.15) is 5.26 Å². The van der Waals surface area contributed by atoms with Gasteiger partial charge in [-0.25, -0.2) is 19.3 Å². The third kappa shape index (κ3) is 11.0. The molecule has 0 aliphatic rings. The average Bonchev–Trinajstić information content (AvgIpc) is 3.37. The number of hydrogen-bond donors (Lipinski definition) is 6. The van der Waals surface area contributed by atoms with Crippen molar-refractivity contribution in [3.8, 4) is 11.9 Å². The van der Waals surface area contributed by atoms with E-state index in [2.05, 4.69) is 31.3 Å². The summed E-state index contributed by atoms with van der Waals surface area (Å²) in [4.78, 5) is 37.6. The monoisotopic (exact) mass is 546 g/mol. The van der Waals surface area contributed by atoms with Crippen LogP contribution in [-0.2, 0) is 20.8 Å². The van der Waals surface area contributed by atoms with Crippen LogP contribution in [0.1, 0.15) is 44.2 Å². The summed E-state index contributed by atoms with van der Waals surface area (Å²) in [6, 6.07) is 4.80. The van der Waals surface area contributed by atoms with Gasteiger partial charge < -0.3 is 26.0 Å². The van der Waals surface area contributed by atoms with Gasteiger partial charge in [-0.15, -0.1) is 5.10 Å². The molecule has 2 rings (SSSR count). The quantitative estimate of drug-likeness (QED) is 0.0548. The van der Waals surface area contributed by atoms with Crippen molar-refractivity contribution in [1.29, 1.82) is 5.26 Å². The van der Waals surface area contributed by atoms with Gasteiger partial charge in [-0.1, -0.05) is 5.21 Å². The fourth-order valence-corrected chi connectivity index (χ4v) is 3.47. The fourth-order valence-electron chi connectivity index (χ4n) is 3.47. The predicted octanol–water partition coefficient (Wildman–Crippen LogP) is 1.54. The van der Waals surface area contributed by atoms with Crippen LogP contribution in [0.25, 0.3) is 5.69 Å². The van der Waals surface area contributed by atoms with Gasteiger partial charge >= 0.3 is 17.9 Å². The summed E-state index contributed by atoms with van der Waals surface area (Å²) >= 11 is 0. The van der Waals surface area contributed by atoms with E-state index in [1.165, 1.54) is 0 Å². The molecule has 0 saturated heterocycles. The van der Waals surface area contributed by atoms with Crippen molar-refractivity contribution in [1.82, 2.24) is 25.6 Å². The van der Waals surface area contributed by atoms with Crippen LogP contribution >= 0.6 is 0 Å². The standard InChI is InChI=1S/C24H31FN8O6/c25-12-3-4-17-14-33(32-31-17)18-8-6-16(7-9-18)27-13-2-1-5-19(22(36)37)29-24(28-15-26)30-20(23(38)39)10-11-21(34)35/h6-9,14,19-20,27H,1-5,10-13H2,(H,34,35)(H,36,37)(H,38,39)(H2,28,29,30)/t19-,20-/m0/s1. The predicted molar refractivity (Wildman–Crippen MR) is 137 cm³/mol. The molecule has 210 valence electrons. The minimum atomic E-state index is -1.47. The number of guanidine groups is 1. The molecule has 15 heteroatoms. The van der Waals surface area contributed by atoms with E-state index in [9.17, 15) is 29.0 Å². The first kappa shape index (κ1) is 30.5. The van der Waals surface area contributed by atoms with Gasteiger partial charge in [0.2, 0.25) is 5.96 Å². The second-order valence-corrected chi connectivity index (χ2v) is 8.45. The highest BCUT2D eigenvalue weighted by Crippen LogP contribution is 2.14. The lowest BCUT2D eigenvalue weighted by Crippen LogP contribution is -2.46. The summed E-state index contributed by atoms with van der Waals surface area (Å²) in [5.41, 5.74) is 2.36. The summed E-state index contributed by atoms with van der Waals surface area (Å²) in [5, 5.41) is 52.5. The van der Waals surface area contributed by atoms with E-state index in [0.717, 1.165) is 11.4 Å². The number of nitriles is 1. The number of anilines is 1. The van der Waals surface area contributed by atoms with Crippen LogP contribution < -0.4 is 16.0 Å². The maximum Gasteiger partial charge on any atom is 0.328 e. The molecule has 0 radical (unpaired) electrons. The molecule has 0 aliphatic carbocycles. The Morgan fingerprint density at radius 1 is 1.08 bits per heavy atom. The van der Waals surface area contributed by atoms with Crippen LogP contribution in [0, 0.1) is 11.5 Å². The first-order chi connectivity index (χ1) is 18.7. The number of carboxylic acid groups (broad SMARTS) is 3. The highest BCUT2D eigenvalue weighted by molar-refractivity contribution is 5.88. The molecular formula is C24H31FN8O6. The van der Waals surface area contributed by atoms with E-state index in [-0.39, 0.29) is 18.8 Å². The van der Waals surface area contributed by atoms with E-state index in [4.69, 9.17) is 10.4 Å².